The van der Waals surface area contributed by atoms with Crippen molar-refractivity contribution in [2.75, 3.05) is 19.8 Å². The van der Waals surface area contributed by atoms with E-state index in [1.54, 1.807) is 12.1 Å². The van der Waals surface area contributed by atoms with Crippen molar-refractivity contribution in [3.8, 4) is 11.5 Å². The molecule has 1 fully saturated rings. The molecule has 1 heterocycles. The van der Waals surface area contributed by atoms with Crippen LogP contribution in [0.15, 0.2) is 48.5 Å². The first-order valence-electron chi connectivity index (χ1n) is 10.4. The predicted molar refractivity (Wildman–Crippen MR) is 111 cm³/mol. The lowest BCUT2D eigenvalue weighted by atomic mass is 10.0. The largest absolute Gasteiger partial charge is 0.494 e. The highest BCUT2D eigenvalue weighted by Crippen LogP contribution is 2.33. The van der Waals surface area contributed by atoms with Gasteiger partial charge >= 0.3 is 12.2 Å². The Morgan fingerprint density at radius 1 is 1.10 bits per heavy atom. The SMILES string of the molecule is CCOc1ccc(C2CCCN2C(=O)NC(C)c2ccc(OCC(F)(F)F)cc2)cc1. The van der Waals surface area contributed by atoms with Crippen molar-refractivity contribution < 1.29 is 27.4 Å². The highest BCUT2D eigenvalue weighted by molar-refractivity contribution is 5.75. The van der Waals surface area contributed by atoms with E-state index in [0.29, 0.717) is 13.2 Å². The number of carbonyl (C=O) groups is 1. The van der Waals surface area contributed by atoms with Gasteiger partial charge in [0.25, 0.3) is 0 Å². The number of hydrogen-bond acceptors (Lipinski definition) is 3. The van der Waals surface area contributed by atoms with Crippen molar-refractivity contribution in [2.45, 2.75) is 44.9 Å². The highest BCUT2D eigenvalue weighted by atomic mass is 19.4. The molecule has 0 saturated carbocycles. The van der Waals surface area contributed by atoms with Gasteiger partial charge in [-0.05, 0) is 62.1 Å². The Labute approximate surface area is 180 Å². The summed E-state index contributed by atoms with van der Waals surface area (Å²) in [5.41, 5.74) is 1.85. The van der Waals surface area contributed by atoms with Gasteiger partial charge in [0, 0.05) is 6.54 Å². The first-order chi connectivity index (χ1) is 14.8. The van der Waals surface area contributed by atoms with E-state index < -0.39 is 12.8 Å². The molecule has 2 aromatic rings. The van der Waals surface area contributed by atoms with E-state index in [9.17, 15) is 18.0 Å². The van der Waals surface area contributed by atoms with E-state index in [4.69, 9.17) is 9.47 Å². The molecule has 1 aliphatic rings. The van der Waals surface area contributed by atoms with Gasteiger partial charge in [0.1, 0.15) is 11.5 Å². The molecule has 1 saturated heterocycles. The third-order valence-electron chi connectivity index (χ3n) is 5.21. The maximum Gasteiger partial charge on any atom is 0.422 e. The monoisotopic (exact) mass is 436 g/mol. The van der Waals surface area contributed by atoms with Gasteiger partial charge in [-0.25, -0.2) is 4.79 Å². The lowest BCUT2D eigenvalue weighted by molar-refractivity contribution is -0.153. The van der Waals surface area contributed by atoms with Crippen LogP contribution in [-0.2, 0) is 0 Å². The predicted octanol–water partition coefficient (Wildman–Crippen LogP) is 5.63. The van der Waals surface area contributed by atoms with Gasteiger partial charge in [-0.2, -0.15) is 13.2 Å². The van der Waals surface area contributed by atoms with Crippen LogP contribution in [0, 0.1) is 0 Å². The van der Waals surface area contributed by atoms with E-state index in [2.05, 4.69) is 5.32 Å². The molecule has 2 unspecified atom stereocenters. The van der Waals surface area contributed by atoms with E-state index in [1.165, 1.54) is 12.1 Å². The summed E-state index contributed by atoms with van der Waals surface area (Å²) in [6, 6.07) is 13.6. The van der Waals surface area contributed by atoms with Crippen LogP contribution < -0.4 is 14.8 Å². The van der Waals surface area contributed by atoms with E-state index in [-0.39, 0.29) is 23.9 Å². The summed E-state index contributed by atoms with van der Waals surface area (Å²) in [5, 5.41) is 2.99. The average Bonchev–Trinajstić information content (AvgIpc) is 3.23. The zero-order valence-electron chi connectivity index (χ0n) is 17.6. The average molecular weight is 436 g/mol. The van der Waals surface area contributed by atoms with Gasteiger partial charge in [-0.15, -0.1) is 0 Å². The van der Waals surface area contributed by atoms with Crippen molar-refractivity contribution >= 4 is 6.03 Å². The number of likely N-dealkylation sites (tertiary alicyclic amines) is 1. The number of amides is 2. The van der Waals surface area contributed by atoms with Crippen molar-refractivity contribution in [2.24, 2.45) is 0 Å². The van der Waals surface area contributed by atoms with Crippen LogP contribution in [0.4, 0.5) is 18.0 Å². The number of hydrogen-bond donors (Lipinski definition) is 1. The fourth-order valence-electron chi connectivity index (χ4n) is 3.68. The zero-order valence-corrected chi connectivity index (χ0v) is 17.6. The molecule has 0 bridgehead atoms. The van der Waals surface area contributed by atoms with Crippen LogP contribution in [0.2, 0.25) is 0 Å². The van der Waals surface area contributed by atoms with Crippen LogP contribution in [0.1, 0.15) is 49.9 Å². The summed E-state index contributed by atoms with van der Waals surface area (Å²) >= 11 is 0. The number of ether oxygens (including phenoxy) is 2. The number of rotatable bonds is 7. The molecule has 0 radical (unpaired) electrons. The summed E-state index contributed by atoms with van der Waals surface area (Å²) in [5.74, 6) is 0.936. The number of alkyl halides is 3. The second kappa shape index (κ2) is 9.94. The summed E-state index contributed by atoms with van der Waals surface area (Å²) in [7, 11) is 0. The Kier molecular flexibility index (Phi) is 7.30. The lowest BCUT2D eigenvalue weighted by Gasteiger charge is -2.27. The summed E-state index contributed by atoms with van der Waals surface area (Å²) in [6.45, 7) is 3.71. The van der Waals surface area contributed by atoms with Gasteiger partial charge < -0.3 is 19.7 Å². The van der Waals surface area contributed by atoms with E-state index in [1.807, 2.05) is 43.0 Å². The number of carbonyl (C=O) groups excluding carboxylic acids is 1. The summed E-state index contributed by atoms with van der Waals surface area (Å²) < 4.78 is 47.0. The Balaban J connectivity index is 1.59. The normalized spacial score (nSPS) is 17.3. The molecule has 1 aliphatic heterocycles. The molecule has 168 valence electrons. The molecule has 31 heavy (non-hydrogen) atoms. The second-order valence-corrected chi connectivity index (χ2v) is 7.50. The zero-order chi connectivity index (χ0) is 22.4. The van der Waals surface area contributed by atoms with Crippen molar-refractivity contribution in [1.29, 1.82) is 0 Å². The molecule has 0 spiro atoms. The van der Waals surface area contributed by atoms with Crippen molar-refractivity contribution in [1.82, 2.24) is 10.2 Å². The number of benzene rings is 2. The molecule has 0 aromatic heterocycles. The van der Waals surface area contributed by atoms with Gasteiger partial charge in [-0.3, -0.25) is 0 Å². The molecule has 3 rings (SSSR count). The van der Waals surface area contributed by atoms with E-state index >= 15 is 0 Å². The first kappa shape index (κ1) is 22.8. The number of urea groups is 1. The molecule has 1 N–H and O–H groups in total. The van der Waals surface area contributed by atoms with Gasteiger partial charge in [-0.1, -0.05) is 24.3 Å². The summed E-state index contributed by atoms with van der Waals surface area (Å²) in [4.78, 5) is 14.7. The Morgan fingerprint density at radius 2 is 1.71 bits per heavy atom. The topological polar surface area (TPSA) is 50.8 Å². The highest BCUT2D eigenvalue weighted by Gasteiger charge is 2.31. The molecular formula is C23H27F3N2O3. The van der Waals surface area contributed by atoms with Crippen LogP contribution in [0.5, 0.6) is 11.5 Å². The minimum atomic E-state index is -4.38. The molecule has 5 nitrogen and oxygen atoms in total. The summed E-state index contributed by atoms with van der Waals surface area (Å²) in [6.07, 6.45) is -2.57. The fraction of sp³-hybridized carbons (Fsp3) is 0.435. The smallest absolute Gasteiger partial charge is 0.422 e. The maximum absolute atomic E-state index is 12.9. The van der Waals surface area contributed by atoms with Gasteiger partial charge in [0.15, 0.2) is 6.61 Å². The van der Waals surface area contributed by atoms with Crippen LogP contribution in [0.25, 0.3) is 0 Å². The van der Waals surface area contributed by atoms with Crippen LogP contribution in [-0.4, -0.2) is 36.9 Å². The van der Waals surface area contributed by atoms with Gasteiger partial charge in [0.2, 0.25) is 0 Å². The molecular weight excluding hydrogens is 409 g/mol. The number of nitrogens with one attached hydrogen (secondary N) is 1. The van der Waals surface area contributed by atoms with Crippen molar-refractivity contribution in [3.63, 3.8) is 0 Å². The number of nitrogens with zero attached hydrogens (tertiary/aromatic N) is 1. The quantitative estimate of drug-likeness (QED) is 0.612. The van der Waals surface area contributed by atoms with Crippen molar-refractivity contribution in [3.05, 3.63) is 59.7 Å². The van der Waals surface area contributed by atoms with Crippen LogP contribution in [0.3, 0.4) is 0 Å². The Hall–Kier alpha value is -2.90. The Morgan fingerprint density at radius 3 is 2.32 bits per heavy atom. The molecule has 8 heteroatoms. The third-order valence-corrected chi connectivity index (χ3v) is 5.21. The molecule has 2 aromatic carbocycles. The number of halogens is 3. The molecule has 0 aliphatic carbocycles. The Bertz CT molecular complexity index is 854. The standard InChI is InChI=1S/C23H27F3N2O3/c1-3-30-19-12-8-18(9-13-19)21-5-4-14-28(21)22(29)27-16(2)17-6-10-20(11-7-17)31-15-23(24,25)26/h6-13,16,21H,3-5,14-15H2,1-2H3,(H,27,29). The van der Waals surface area contributed by atoms with Crippen LogP contribution >= 0.6 is 0 Å². The van der Waals surface area contributed by atoms with Gasteiger partial charge in [0.05, 0.1) is 18.7 Å². The molecule has 2 amide bonds. The second-order valence-electron chi connectivity index (χ2n) is 7.50. The maximum atomic E-state index is 12.9. The first-order valence-corrected chi connectivity index (χ1v) is 10.4. The fourth-order valence-corrected chi connectivity index (χ4v) is 3.68. The van der Waals surface area contributed by atoms with E-state index in [0.717, 1.165) is 29.7 Å². The minimum absolute atomic E-state index is 0.000945. The third kappa shape index (κ3) is 6.29. The lowest BCUT2D eigenvalue weighted by Crippen LogP contribution is -2.40. The molecule has 2 atom stereocenters. The minimum Gasteiger partial charge on any atom is -0.494 e.